The molecule has 0 radical (unpaired) electrons. The number of fused-ring (bicyclic) bond motifs is 1. The molecule has 0 saturated heterocycles. The molecular formula is C16H22N4O3. The fourth-order valence-corrected chi connectivity index (χ4v) is 3.12. The molecule has 7 nitrogen and oxygen atoms in total. The number of aromatic nitrogens is 3. The fraction of sp³-hybridized carbons (Fsp3) is 0.562. The standard InChI is InChI=1S/C16H22N4O3/c1-10-7-14-17-18-15(9-22-4)20(14)6-5-19(10)16(21)13-8-11(2)23-12(13)3/h8,10H,5-7,9H2,1-4H3/t10-/m1/s1. The summed E-state index contributed by atoms with van der Waals surface area (Å²) < 4.78 is 12.7. The third-order valence-corrected chi connectivity index (χ3v) is 4.28. The van der Waals surface area contributed by atoms with Gasteiger partial charge in [-0.05, 0) is 26.8 Å². The van der Waals surface area contributed by atoms with Gasteiger partial charge in [-0.15, -0.1) is 10.2 Å². The third-order valence-electron chi connectivity index (χ3n) is 4.28. The van der Waals surface area contributed by atoms with Crippen LogP contribution in [0.15, 0.2) is 10.5 Å². The molecule has 3 heterocycles. The molecule has 3 rings (SSSR count). The van der Waals surface area contributed by atoms with Gasteiger partial charge in [-0.3, -0.25) is 4.79 Å². The zero-order valence-electron chi connectivity index (χ0n) is 14.0. The van der Waals surface area contributed by atoms with E-state index in [0.29, 0.717) is 37.4 Å². The van der Waals surface area contributed by atoms with Gasteiger partial charge in [-0.25, -0.2) is 0 Å². The normalized spacial score (nSPS) is 17.9. The van der Waals surface area contributed by atoms with Gasteiger partial charge in [-0.1, -0.05) is 0 Å². The van der Waals surface area contributed by atoms with Gasteiger partial charge in [0.15, 0.2) is 5.82 Å². The highest BCUT2D eigenvalue weighted by atomic mass is 16.5. The van der Waals surface area contributed by atoms with Gasteiger partial charge in [0.1, 0.15) is 24.0 Å². The van der Waals surface area contributed by atoms with Crippen molar-refractivity contribution in [2.24, 2.45) is 0 Å². The second-order valence-corrected chi connectivity index (χ2v) is 6.00. The van der Waals surface area contributed by atoms with E-state index >= 15 is 0 Å². The first-order valence-electron chi connectivity index (χ1n) is 7.79. The molecule has 23 heavy (non-hydrogen) atoms. The molecule has 0 unspecified atom stereocenters. The van der Waals surface area contributed by atoms with Gasteiger partial charge in [0, 0.05) is 32.7 Å². The molecule has 2 aromatic heterocycles. The lowest BCUT2D eigenvalue weighted by Gasteiger charge is -2.26. The second-order valence-electron chi connectivity index (χ2n) is 6.00. The van der Waals surface area contributed by atoms with Gasteiger partial charge in [-0.2, -0.15) is 0 Å². The van der Waals surface area contributed by atoms with E-state index < -0.39 is 0 Å². The Hall–Kier alpha value is -2.15. The molecular weight excluding hydrogens is 296 g/mol. The number of aryl methyl sites for hydroxylation is 2. The van der Waals surface area contributed by atoms with Gasteiger partial charge in [0.05, 0.1) is 5.56 Å². The van der Waals surface area contributed by atoms with Crippen LogP contribution < -0.4 is 0 Å². The van der Waals surface area contributed by atoms with Crippen LogP contribution in [0.3, 0.4) is 0 Å². The number of carbonyl (C=O) groups excluding carboxylic acids is 1. The van der Waals surface area contributed by atoms with Gasteiger partial charge in [0.25, 0.3) is 5.91 Å². The Morgan fingerprint density at radius 2 is 2.17 bits per heavy atom. The van der Waals surface area contributed by atoms with Crippen LogP contribution in [0.25, 0.3) is 0 Å². The second kappa shape index (κ2) is 6.16. The molecule has 1 aliphatic rings. The molecule has 0 bridgehead atoms. The van der Waals surface area contributed by atoms with Crippen molar-refractivity contribution in [2.45, 2.75) is 46.4 Å². The molecule has 0 saturated carbocycles. The Balaban J connectivity index is 1.84. The van der Waals surface area contributed by atoms with E-state index in [0.717, 1.165) is 17.4 Å². The molecule has 1 atom stereocenters. The molecule has 0 N–H and O–H groups in total. The first kappa shape index (κ1) is 15.7. The van der Waals surface area contributed by atoms with Crippen molar-refractivity contribution in [3.05, 3.63) is 34.8 Å². The SMILES string of the molecule is COCc1nnc2n1CCN(C(=O)c1cc(C)oc1C)[C@H](C)C2. The summed E-state index contributed by atoms with van der Waals surface area (Å²) in [6.07, 6.45) is 0.679. The summed E-state index contributed by atoms with van der Waals surface area (Å²) in [7, 11) is 1.64. The lowest BCUT2D eigenvalue weighted by molar-refractivity contribution is 0.0693. The summed E-state index contributed by atoms with van der Waals surface area (Å²) >= 11 is 0. The van der Waals surface area contributed by atoms with Crippen molar-refractivity contribution in [3.8, 4) is 0 Å². The van der Waals surface area contributed by atoms with Crippen LogP contribution in [0.2, 0.25) is 0 Å². The van der Waals surface area contributed by atoms with Crippen LogP contribution in [0.5, 0.6) is 0 Å². The van der Waals surface area contributed by atoms with Crippen LogP contribution >= 0.6 is 0 Å². The molecule has 0 fully saturated rings. The predicted octanol–water partition coefficient (Wildman–Crippen LogP) is 1.72. The summed E-state index contributed by atoms with van der Waals surface area (Å²) in [5.74, 6) is 3.15. The smallest absolute Gasteiger partial charge is 0.257 e. The van der Waals surface area contributed by atoms with E-state index in [2.05, 4.69) is 14.8 Å². The topological polar surface area (TPSA) is 73.4 Å². The van der Waals surface area contributed by atoms with E-state index in [-0.39, 0.29) is 11.9 Å². The van der Waals surface area contributed by atoms with Crippen molar-refractivity contribution in [2.75, 3.05) is 13.7 Å². The quantitative estimate of drug-likeness (QED) is 0.861. The molecule has 0 aromatic carbocycles. The zero-order valence-corrected chi connectivity index (χ0v) is 14.0. The maximum absolute atomic E-state index is 12.9. The van der Waals surface area contributed by atoms with Crippen molar-refractivity contribution in [1.82, 2.24) is 19.7 Å². The Morgan fingerprint density at radius 1 is 1.39 bits per heavy atom. The maximum Gasteiger partial charge on any atom is 0.257 e. The number of amides is 1. The van der Waals surface area contributed by atoms with E-state index in [1.54, 1.807) is 7.11 Å². The monoisotopic (exact) mass is 318 g/mol. The number of hydrogen-bond acceptors (Lipinski definition) is 5. The number of hydrogen-bond donors (Lipinski definition) is 0. The molecule has 1 aliphatic heterocycles. The molecule has 0 spiro atoms. The molecule has 124 valence electrons. The van der Waals surface area contributed by atoms with Crippen LogP contribution in [-0.2, 0) is 24.3 Å². The van der Waals surface area contributed by atoms with Crippen molar-refractivity contribution in [1.29, 1.82) is 0 Å². The lowest BCUT2D eigenvalue weighted by Crippen LogP contribution is -2.40. The highest BCUT2D eigenvalue weighted by molar-refractivity contribution is 5.95. The third kappa shape index (κ3) is 2.88. The van der Waals surface area contributed by atoms with Crippen LogP contribution in [0, 0.1) is 13.8 Å². The molecule has 7 heteroatoms. The minimum atomic E-state index is 0.0128. The highest BCUT2D eigenvalue weighted by Gasteiger charge is 2.29. The first-order valence-corrected chi connectivity index (χ1v) is 7.79. The Bertz CT molecular complexity index is 719. The van der Waals surface area contributed by atoms with Gasteiger partial charge < -0.3 is 18.6 Å². The average molecular weight is 318 g/mol. The molecule has 2 aromatic rings. The van der Waals surface area contributed by atoms with Crippen molar-refractivity contribution >= 4 is 5.91 Å². The van der Waals surface area contributed by atoms with Gasteiger partial charge >= 0.3 is 0 Å². The number of furan rings is 1. The number of ether oxygens (including phenoxy) is 1. The minimum Gasteiger partial charge on any atom is -0.466 e. The molecule has 0 aliphatic carbocycles. The summed E-state index contributed by atoms with van der Waals surface area (Å²) in [6.45, 7) is 7.44. The number of carbonyl (C=O) groups is 1. The van der Waals surface area contributed by atoms with E-state index in [4.69, 9.17) is 9.15 Å². The zero-order chi connectivity index (χ0) is 16.6. The Morgan fingerprint density at radius 3 is 2.83 bits per heavy atom. The van der Waals surface area contributed by atoms with Crippen LogP contribution in [0.1, 0.15) is 40.5 Å². The summed E-state index contributed by atoms with van der Waals surface area (Å²) in [4.78, 5) is 14.8. The number of nitrogens with zero attached hydrogens (tertiary/aromatic N) is 4. The minimum absolute atomic E-state index is 0.0128. The van der Waals surface area contributed by atoms with Gasteiger partial charge in [0.2, 0.25) is 0 Å². The van der Waals surface area contributed by atoms with E-state index in [1.807, 2.05) is 31.7 Å². The van der Waals surface area contributed by atoms with Crippen LogP contribution in [-0.4, -0.2) is 45.3 Å². The largest absolute Gasteiger partial charge is 0.466 e. The predicted molar refractivity (Wildman–Crippen MR) is 83.1 cm³/mol. The summed E-state index contributed by atoms with van der Waals surface area (Å²) in [6, 6.07) is 1.86. The molecule has 1 amide bonds. The lowest BCUT2D eigenvalue weighted by atomic mass is 10.1. The number of methoxy groups -OCH3 is 1. The Labute approximate surface area is 135 Å². The summed E-state index contributed by atoms with van der Waals surface area (Å²) in [5.41, 5.74) is 0.643. The van der Waals surface area contributed by atoms with Crippen molar-refractivity contribution in [3.63, 3.8) is 0 Å². The highest BCUT2D eigenvalue weighted by Crippen LogP contribution is 2.21. The Kier molecular flexibility index (Phi) is 4.21. The van der Waals surface area contributed by atoms with Crippen LogP contribution in [0.4, 0.5) is 0 Å². The fourth-order valence-electron chi connectivity index (χ4n) is 3.12. The maximum atomic E-state index is 12.9. The average Bonchev–Trinajstić information content (AvgIpc) is 2.98. The summed E-state index contributed by atoms with van der Waals surface area (Å²) in [5, 5.41) is 8.43. The van der Waals surface area contributed by atoms with E-state index in [1.165, 1.54) is 0 Å². The number of rotatable bonds is 3. The van der Waals surface area contributed by atoms with E-state index in [9.17, 15) is 4.79 Å². The van der Waals surface area contributed by atoms with Crippen molar-refractivity contribution < 1.29 is 13.9 Å². The first-order chi connectivity index (χ1) is 11.0.